The van der Waals surface area contributed by atoms with Gasteiger partial charge in [0.1, 0.15) is 4.70 Å². The number of fused-ring (bicyclic) bond motifs is 2. The number of nitrogens with zero attached hydrogens (tertiary/aromatic N) is 3. The summed E-state index contributed by atoms with van der Waals surface area (Å²) >= 11 is 1.43. The van der Waals surface area contributed by atoms with Gasteiger partial charge in [-0.3, -0.25) is 14.3 Å². The van der Waals surface area contributed by atoms with E-state index in [0.717, 1.165) is 22.0 Å². The summed E-state index contributed by atoms with van der Waals surface area (Å²) in [6.07, 6.45) is 3.40. The lowest BCUT2D eigenvalue weighted by Gasteiger charge is -2.08. The fourth-order valence-corrected chi connectivity index (χ4v) is 3.26. The number of pyridine rings is 1. The molecule has 4 nitrogen and oxygen atoms in total. The van der Waals surface area contributed by atoms with Gasteiger partial charge in [0, 0.05) is 11.6 Å². The molecule has 0 radical (unpaired) electrons. The van der Waals surface area contributed by atoms with Gasteiger partial charge < -0.3 is 0 Å². The van der Waals surface area contributed by atoms with E-state index in [-0.39, 0.29) is 5.56 Å². The van der Waals surface area contributed by atoms with Gasteiger partial charge in [0.15, 0.2) is 0 Å². The third kappa shape index (κ3) is 2.02. The number of aromatic nitrogens is 3. The molecule has 5 heteroatoms. The second-order valence-corrected chi connectivity index (χ2v) is 5.72. The van der Waals surface area contributed by atoms with E-state index in [2.05, 4.69) is 9.97 Å². The van der Waals surface area contributed by atoms with Gasteiger partial charge in [-0.25, -0.2) is 4.98 Å². The molecule has 0 saturated heterocycles. The van der Waals surface area contributed by atoms with Crippen LogP contribution in [0.5, 0.6) is 0 Å². The van der Waals surface area contributed by atoms with Crippen molar-refractivity contribution in [3.05, 3.63) is 70.2 Å². The maximum absolute atomic E-state index is 12.4. The summed E-state index contributed by atoms with van der Waals surface area (Å²) < 4.78 is 2.36. The van der Waals surface area contributed by atoms with Crippen molar-refractivity contribution < 1.29 is 0 Å². The molecule has 0 N–H and O–H groups in total. The molecular weight excluding hydrogens is 282 g/mol. The summed E-state index contributed by atoms with van der Waals surface area (Å²) in [5.74, 6) is 0. The molecule has 3 heterocycles. The van der Waals surface area contributed by atoms with Crippen molar-refractivity contribution in [2.75, 3.05) is 0 Å². The Labute approximate surface area is 124 Å². The molecule has 0 unspecified atom stereocenters. The molecule has 102 valence electrons. The molecule has 0 aliphatic heterocycles. The van der Waals surface area contributed by atoms with E-state index in [0.29, 0.717) is 11.2 Å². The van der Waals surface area contributed by atoms with Gasteiger partial charge in [-0.15, -0.1) is 11.3 Å². The molecule has 0 bridgehead atoms. The first-order valence-corrected chi connectivity index (χ1v) is 7.46. The van der Waals surface area contributed by atoms with E-state index >= 15 is 0 Å². The molecule has 0 atom stereocenters. The van der Waals surface area contributed by atoms with Crippen LogP contribution in [0.3, 0.4) is 0 Å². The van der Waals surface area contributed by atoms with Gasteiger partial charge in [-0.1, -0.05) is 18.2 Å². The molecule has 21 heavy (non-hydrogen) atoms. The van der Waals surface area contributed by atoms with Gasteiger partial charge in [0.25, 0.3) is 5.56 Å². The van der Waals surface area contributed by atoms with Crippen molar-refractivity contribution in [1.82, 2.24) is 14.5 Å². The van der Waals surface area contributed by atoms with Crippen molar-refractivity contribution in [2.24, 2.45) is 0 Å². The van der Waals surface area contributed by atoms with Crippen molar-refractivity contribution in [3.63, 3.8) is 0 Å². The lowest BCUT2D eigenvalue weighted by molar-refractivity contribution is 0.753. The largest absolute Gasteiger partial charge is 0.294 e. The Morgan fingerprint density at radius 2 is 1.95 bits per heavy atom. The molecule has 0 aliphatic rings. The summed E-state index contributed by atoms with van der Waals surface area (Å²) in [5.41, 5.74) is 2.78. The van der Waals surface area contributed by atoms with Crippen LogP contribution in [0, 0.1) is 0 Å². The summed E-state index contributed by atoms with van der Waals surface area (Å²) in [4.78, 5) is 21.1. The van der Waals surface area contributed by atoms with Crippen LogP contribution in [0.25, 0.3) is 21.1 Å². The standard InChI is InChI=1S/C16H11N3OS/c20-16-15-14(6-8-21-15)18-10-19(16)9-11-5-7-17-13-4-2-1-3-12(11)13/h1-8,10H,9H2. The normalized spacial score (nSPS) is 11.2. The van der Waals surface area contributed by atoms with Crippen LogP contribution in [0.4, 0.5) is 0 Å². The Kier molecular flexibility index (Phi) is 2.79. The molecule has 0 aliphatic carbocycles. The highest BCUT2D eigenvalue weighted by Crippen LogP contribution is 2.18. The smallest absolute Gasteiger partial charge is 0.271 e. The maximum Gasteiger partial charge on any atom is 0.271 e. The number of para-hydroxylation sites is 1. The van der Waals surface area contributed by atoms with Crippen molar-refractivity contribution in [1.29, 1.82) is 0 Å². The summed E-state index contributed by atoms with van der Waals surface area (Å²) in [6, 6.07) is 11.8. The Balaban J connectivity index is 1.87. The Bertz CT molecular complexity index is 998. The van der Waals surface area contributed by atoms with Crippen LogP contribution in [0.2, 0.25) is 0 Å². The fourth-order valence-electron chi connectivity index (χ4n) is 2.47. The van der Waals surface area contributed by atoms with Crippen molar-refractivity contribution >= 4 is 32.5 Å². The minimum absolute atomic E-state index is 0.0101. The minimum Gasteiger partial charge on any atom is -0.294 e. The van der Waals surface area contributed by atoms with Crippen LogP contribution in [0.15, 0.2) is 59.1 Å². The van der Waals surface area contributed by atoms with Gasteiger partial charge in [0.2, 0.25) is 0 Å². The van der Waals surface area contributed by atoms with Gasteiger partial charge in [-0.2, -0.15) is 0 Å². The molecule has 0 saturated carbocycles. The number of hydrogen-bond donors (Lipinski definition) is 0. The molecule has 3 aromatic heterocycles. The third-order valence-electron chi connectivity index (χ3n) is 3.52. The molecule has 0 amide bonds. The molecule has 0 spiro atoms. The first kappa shape index (κ1) is 12.2. The molecule has 1 aromatic carbocycles. The lowest BCUT2D eigenvalue weighted by atomic mass is 10.1. The quantitative estimate of drug-likeness (QED) is 0.570. The number of hydrogen-bond acceptors (Lipinski definition) is 4. The highest BCUT2D eigenvalue weighted by Gasteiger charge is 2.07. The zero-order valence-electron chi connectivity index (χ0n) is 11.1. The fraction of sp³-hybridized carbons (Fsp3) is 0.0625. The van der Waals surface area contributed by atoms with Crippen LogP contribution in [-0.2, 0) is 6.54 Å². The molecule has 4 rings (SSSR count). The number of rotatable bonds is 2. The van der Waals surface area contributed by atoms with Crippen LogP contribution in [0.1, 0.15) is 5.56 Å². The van der Waals surface area contributed by atoms with Crippen LogP contribution < -0.4 is 5.56 Å². The van der Waals surface area contributed by atoms with Crippen LogP contribution >= 0.6 is 11.3 Å². The van der Waals surface area contributed by atoms with Crippen molar-refractivity contribution in [3.8, 4) is 0 Å². The Morgan fingerprint density at radius 3 is 2.90 bits per heavy atom. The number of thiophene rings is 1. The summed E-state index contributed by atoms with van der Waals surface area (Å²) in [6.45, 7) is 0.503. The first-order valence-electron chi connectivity index (χ1n) is 6.58. The zero-order valence-corrected chi connectivity index (χ0v) is 11.9. The summed E-state index contributed by atoms with van der Waals surface area (Å²) in [5, 5.41) is 2.96. The monoisotopic (exact) mass is 293 g/mol. The average molecular weight is 293 g/mol. The van der Waals surface area contributed by atoms with E-state index in [4.69, 9.17) is 0 Å². The second-order valence-electron chi connectivity index (χ2n) is 4.80. The maximum atomic E-state index is 12.4. The molecule has 0 fully saturated rings. The average Bonchev–Trinajstić information content (AvgIpc) is 3.00. The highest BCUT2D eigenvalue weighted by molar-refractivity contribution is 7.17. The van der Waals surface area contributed by atoms with Crippen molar-refractivity contribution in [2.45, 2.75) is 6.54 Å². The third-order valence-corrected chi connectivity index (χ3v) is 4.41. The van der Waals surface area contributed by atoms with E-state index in [1.54, 1.807) is 17.1 Å². The van der Waals surface area contributed by atoms with Gasteiger partial charge in [0.05, 0.1) is 23.9 Å². The Morgan fingerprint density at radius 1 is 1.05 bits per heavy atom. The molecule has 4 aromatic rings. The minimum atomic E-state index is 0.0101. The zero-order chi connectivity index (χ0) is 14.2. The van der Waals surface area contributed by atoms with E-state index in [1.807, 2.05) is 41.8 Å². The Hall–Kier alpha value is -2.53. The van der Waals surface area contributed by atoms with Gasteiger partial charge in [-0.05, 0) is 29.1 Å². The molecular formula is C16H11N3OS. The lowest BCUT2D eigenvalue weighted by Crippen LogP contribution is -2.20. The highest BCUT2D eigenvalue weighted by atomic mass is 32.1. The predicted molar refractivity (Wildman–Crippen MR) is 84.7 cm³/mol. The second kappa shape index (κ2) is 4.79. The SMILES string of the molecule is O=c1c2sccc2ncn1Cc1ccnc2ccccc12. The van der Waals surface area contributed by atoms with E-state index < -0.39 is 0 Å². The van der Waals surface area contributed by atoms with Crippen LogP contribution in [-0.4, -0.2) is 14.5 Å². The van der Waals surface area contributed by atoms with E-state index in [9.17, 15) is 4.79 Å². The van der Waals surface area contributed by atoms with Gasteiger partial charge >= 0.3 is 0 Å². The number of benzene rings is 1. The first-order chi connectivity index (χ1) is 10.3. The predicted octanol–water partition coefficient (Wildman–Crippen LogP) is 3.05. The topological polar surface area (TPSA) is 47.8 Å². The van der Waals surface area contributed by atoms with E-state index in [1.165, 1.54) is 11.3 Å². The summed E-state index contributed by atoms with van der Waals surface area (Å²) in [7, 11) is 0.